The Bertz CT molecular complexity index is 400. The predicted molar refractivity (Wildman–Crippen MR) is 66.5 cm³/mol. The van der Waals surface area contributed by atoms with Crippen molar-refractivity contribution in [3.05, 3.63) is 24.0 Å². The van der Waals surface area contributed by atoms with Crippen molar-refractivity contribution < 1.29 is 9.90 Å². The molecule has 1 aliphatic carbocycles. The number of carbonyl (C=O) groups is 1. The van der Waals surface area contributed by atoms with Crippen molar-refractivity contribution in [1.82, 2.24) is 4.98 Å². The monoisotopic (exact) mass is 234 g/mol. The summed E-state index contributed by atoms with van der Waals surface area (Å²) < 4.78 is 0. The van der Waals surface area contributed by atoms with E-state index < -0.39 is 5.97 Å². The molecule has 4 nitrogen and oxygen atoms in total. The number of hydrogen-bond donors (Lipinski definition) is 1. The fourth-order valence-electron chi connectivity index (χ4n) is 2.64. The van der Waals surface area contributed by atoms with Crippen LogP contribution in [0, 0.1) is 0 Å². The number of nitrogens with zero attached hydrogens (tertiary/aromatic N) is 2. The molecule has 1 saturated carbocycles. The first-order valence-corrected chi connectivity index (χ1v) is 6.18. The van der Waals surface area contributed by atoms with Crippen molar-refractivity contribution >= 4 is 11.7 Å². The van der Waals surface area contributed by atoms with Crippen molar-refractivity contribution in [3.63, 3.8) is 0 Å². The van der Waals surface area contributed by atoms with E-state index in [1.165, 1.54) is 19.0 Å². The van der Waals surface area contributed by atoms with E-state index in [2.05, 4.69) is 16.8 Å². The van der Waals surface area contributed by atoms with Gasteiger partial charge in [0.2, 0.25) is 0 Å². The van der Waals surface area contributed by atoms with Gasteiger partial charge in [-0.3, -0.25) is 4.98 Å². The van der Waals surface area contributed by atoms with E-state index in [0.717, 1.165) is 25.1 Å². The molecule has 1 heterocycles. The molecular formula is C13H18N2O2. The van der Waals surface area contributed by atoms with Crippen LogP contribution in [0.3, 0.4) is 0 Å². The topological polar surface area (TPSA) is 53.4 Å². The van der Waals surface area contributed by atoms with E-state index in [-0.39, 0.29) is 0 Å². The molecule has 4 heteroatoms. The van der Waals surface area contributed by atoms with Crippen molar-refractivity contribution in [2.75, 3.05) is 11.4 Å². The van der Waals surface area contributed by atoms with Crippen LogP contribution in [0.2, 0.25) is 0 Å². The van der Waals surface area contributed by atoms with Gasteiger partial charge in [-0.15, -0.1) is 0 Å². The van der Waals surface area contributed by atoms with Gasteiger partial charge in [-0.2, -0.15) is 0 Å². The summed E-state index contributed by atoms with van der Waals surface area (Å²) in [6.45, 7) is 2.92. The SMILES string of the molecule is CCN(c1ccncc1C(=O)O)C1CCCC1. The summed E-state index contributed by atoms with van der Waals surface area (Å²) in [5, 5.41) is 9.19. The largest absolute Gasteiger partial charge is 0.478 e. The first kappa shape index (κ1) is 11.9. The van der Waals surface area contributed by atoms with Crippen molar-refractivity contribution in [2.24, 2.45) is 0 Å². The highest BCUT2D eigenvalue weighted by atomic mass is 16.4. The normalized spacial score (nSPS) is 16.1. The van der Waals surface area contributed by atoms with Crippen LogP contribution in [-0.2, 0) is 0 Å². The Hall–Kier alpha value is -1.58. The van der Waals surface area contributed by atoms with E-state index >= 15 is 0 Å². The van der Waals surface area contributed by atoms with E-state index in [1.54, 1.807) is 6.20 Å². The van der Waals surface area contributed by atoms with Crippen LogP contribution in [-0.4, -0.2) is 28.6 Å². The van der Waals surface area contributed by atoms with Gasteiger partial charge in [-0.25, -0.2) is 4.79 Å². The maximum atomic E-state index is 11.2. The van der Waals surface area contributed by atoms with Gasteiger partial charge in [0.25, 0.3) is 0 Å². The van der Waals surface area contributed by atoms with Crippen molar-refractivity contribution in [2.45, 2.75) is 38.6 Å². The summed E-state index contributed by atoms with van der Waals surface area (Å²) in [5.74, 6) is -0.899. The van der Waals surface area contributed by atoms with Gasteiger partial charge in [0.15, 0.2) is 0 Å². The quantitative estimate of drug-likeness (QED) is 0.869. The van der Waals surface area contributed by atoms with Crippen LogP contribution in [0.25, 0.3) is 0 Å². The lowest BCUT2D eigenvalue weighted by molar-refractivity contribution is 0.0697. The fraction of sp³-hybridized carbons (Fsp3) is 0.538. The Balaban J connectivity index is 2.32. The standard InChI is InChI=1S/C13H18N2O2/c1-2-15(10-5-3-4-6-10)12-7-8-14-9-11(12)13(16)17/h7-10H,2-6H2,1H3,(H,16,17). The molecule has 0 aliphatic heterocycles. The smallest absolute Gasteiger partial charge is 0.339 e. The second kappa shape index (κ2) is 5.17. The molecule has 0 spiro atoms. The van der Waals surface area contributed by atoms with Gasteiger partial charge in [0.1, 0.15) is 5.56 Å². The summed E-state index contributed by atoms with van der Waals surface area (Å²) in [4.78, 5) is 17.3. The second-order valence-corrected chi connectivity index (χ2v) is 4.42. The van der Waals surface area contributed by atoms with E-state index in [0.29, 0.717) is 11.6 Å². The number of pyridine rings is 1. The summed E-state index contributed by atoms with van der Waals surface area (Å²) in [6, 6.07) is 2.30. The average Bonchev–Trinajstić information content (AvgIpc) is 2.84. The molecule has 1 N–H and O–H groups in total. The van der Waals surface area contributed by atoms with Crippen molar-refractivity contribution in [3.8, 4) is 0 Å². The summed E-state index contributed by atoms with van der Waals surface area (Å²) >= 11 is 0. The van der Waals surface area contributed by atoms with E-state index in [1.807, 2.05) is 6.07 Å². The van der Waals surface area contributed by atoms with Gasteiger partial charge in [-0.1, -0.05) is 12.8 Å². The summed E-state index contributed by atoms with van der Waals surface area (Å²) in [5.41, 5.74) is 1.11. The van der Waals surface area contributed by atoms with E-state index in [9.17, 15) is 9.90 Å². The highest BCUT2D eigenvalue weighted by molar-refractivity contribution is 5.94. The minimum Gasteiger partial charge on any atom is -0.478 e. The van der Waals surface area contributed by atoms with Gasteiger partial charge >= 0.3 is 5.97 Å². The Kier molecular flexibility index (Phi) is 3.61. The lowest BCUT2D eigenvalue weighted by atomic mass is 10.1. The highest BCUT2D eigenvalue weighted by Gasteiger charge is 2.24. The minimum atomic E-state index is -0.899. The second-order valence-electron chi connectivity index (χ2n) is 4.42. The molecule has 1 aromatic heterocycles. The lowest BCUT2D eigenvalue weighted by Crippen LogP contribution is -2.34. The number of aromatic carboxylic acids is 1. The van der Waals surface area contributed by atoms with E-state index in [4.69, 9.17) is 0 Å². The van der Waals surface area contributed by atoms with Crippen LogP contribution in [0.15, 0.2) is 18.5 Å². The molecule has 1 aliphatic rings. The van der Waals surface area contributed by atoms with Crippen LogP contribution in [0.5, 0.6) is 0 Å². The zero-order valence-corrected chi connectivity index (χ0v) is 10.1. The third kappa shape index (κ3) is 2.40. The molecule has 0 radical (unpaired) electrons. The number of rotatable bonds is 4. The van der Waals surface area contributed by atoms with Gasteiger partial charge < -0.3 is 10.0 Å². The third-order valence-corrected chi connectivity index (χ3v) is 3.44. The molecule has 0 bridgehead atoms. The molecule has 1 aromatic rings. The molecule has 0 unspecified atom stereocenters. The fourth-order valence-corrected chi connectivity index (χ4v) is 2.64. The third-order valence-electron chi connectivity index (χ3n) is 3.44. The molecule has 17 heavy (non-hydrogen) atoms. The molecular weight excluding hydrogens is 216 g/mol. The maximum Gasteiger partial charge on any atom is 0.339 e. The Morgan fingerprint density at radius 2 is 2.24 bits per heavy atom. The van der Waals surface area contributed by atoms with Gasteiger partial charge in [0, 0.05) is 25.0 Å². The lowest BCUT2D eigenvalue weighted by Gasteiger charge is -2.30. The zero-order valence-electron chi connectivity index (χ0n) is 10.1. The maximum absolute atomic E-state index is 11.2. The van der Waals surface area contributed by atoms with Crippen molar-refractivity contribution in [1.29, 1.82) is 0 Å². The minimum absolute atomic E-state index is 0.307. The summed E-state index contributed by atoms with van der Waals surface area (Å²) in [7, 11) is 0. The molecule has 0 aromatic carbocycles. The molecule has 0 atom stereocenters. The predicted octanol–water partition coefficient (Wildman–Crippen LogP) is 2.55. The number of anilines is 1. The Labute approximate surface area is 101 Å². The number of carboxylic acids is 1. The molecule has 0 saturated heterocycles. The average molecular weight is 234 g/mol. The Morgan fingerprint density at radius 1 is 1.53 bits per heavy atom. The molecule has 1 fully saturated rings. The number of carboxylic acid groups (broad SMARTS) is 1. The van der Waals surface area contributed by atoms with Crippen LogP contribution < -0.4 is 4.90 Å². The first-order valence-electron chi connectivity index (χ1n) is 6.18. The highest BCUT2D eigenvalue weighted by Crippen LogP contribution is 2.29. The number of aromatic nitrogens is 1. The van der Waals surface area contributed by atoms with Crippen LogP contribution >= 0.6 is 0 Å². The number of hydrogen-bond acceptors (Lipinski definition) is 3. The van der Waals surface area contributed by atoms with Crippen LogP contribution in [0.1, 0.15) is 43.0 Å². The Morgan fingerprint density at radius 3 is 2.82 bits per heavy atom. The summed E-state index contributed by atoms with van der Waals surface area (Å²) in [6.07, 6.45) is 7.92. The molecule has 0 amide bonds. The van der Waals surface area contributed by atoms with Gasteiger partial charge in [0.05, 0.1) is 5.69 Å². The molecule has 2 rings (SSSR count). The van der Waals surface area contributed by atoms with Gasteiger partial charge in [-0.05, 0) is 25.8 Å². The first-order chi connectivity index (χ1) is 8.24. The zero-order chi connectivity index (χ0) is 12.3. The molecule has 92 valence electrons. The van der Waals surface area contributed by atoms with Crippen LogP contribution in [0.4, 0.5) is 5.69 Å².